The molecule has 0 bridgehead atoms. The van der Waals surface area contributed by atoms with Gasteiger partial charge in [0, 0.05) is 19.4 Å². The third-order valence-corrected chi connectivity index (χ3v) is 3.64. The summed E-state index contributed by atoms with van der Waals surface area (Å²) in [7, 11) is 0. The van der Waals surface area contributed by atoms with Crippen LogP contribution in [0, 0.1) is 9.81 Å². The Bertz CT molecular complexity index is 546. The summed E-state index contributed by atoms with van der Waals surface area (Å²) >= 11 is 0. The molecule has 7 nitrogen and oxygen atoms in total. The maximum Gasteiger partial charge on any atom is 0.156 e. The number of carbonyl (C=O) groups excluding carboxylic acids is 1. The smallest absolute Gasteiger partial charge is 0.156 e. The molecule has 0 aliphatic carbocycles. The van der Waals surface area contributed by atoms with E-state index in [9.17, 15) is 14.6 Å². The van der Waals surface area contributed by atoms with E-state index in [1.807, 2.05) is 0 Å². The maximum absolute atomic E-state index is 11.5. The van der Waals surface area contributed by atoms with Crippen molar-refractivity contribution in [1.29, 1.82) is 0 Å². The molecule has 0 aliphatic heterocycles. The number of anilines is 2. The molecule has 1 aromatic rings. The lowest BCUT2D eigenvalue weighted by molar-refractivity contribution is -0.119. The van der Waals surface area contributed by atoms with Crippen LogP contribution in [0.25, 0.3) is 0 Å². The van der Waals surface area contributed by atoms with E-state index in [1.165, 1.54) is 6.07 Å². The molecule has 0 saturated heterocycles. The first-order valence-corrected chi connectivity index (χ1v) is 7.98. The number of nitrogens with two attached hydrogens (primary N) is 1. The predicted octanol–water partition coefficient (Wildman–Crippen LogP) is 4.80. The highest BCUT2D eigenvalue weighted by atomic mass is 16.3. The number of carbonyl (C=O) groups is 1. The highest BCUT2D eigenvalue weighted by Crippen LogP contribution is 2.38. The predicted molar refractivity (Wildman–Crippen MR) is 93.3 cm³/mol. The number of nitroso groups, excluding NO2 is 2. The molecule has 126 valence electrons. The fourth-order valence-corrected chi connectivity index (χ4v) is 2.26. The first-order valence-electron chi connectivity index (χ1n) is 7.98. The summed E-state index contributed by atoms with van der Waals surface area (Å²) in [5.41, 5.74) is 6.16. The second-order valence-electron chi connectivity index (χ2n) is 5.46. The summed E-state index contributed by atoms with van der Waals surface area (Å²) in [6, 6.07) is 3.02. The van der Waals surface area contributed by atoms with Gasteiger partial charge in [-0.1, -0.05) is 19.8 Å². The van der Waals surface area contributed by atoms with Crippen molar-refractivity contribution in [3.63, 3.8) is 0 Å². The number of hydrogen-bond acceptors (Lipinski definition) is 7. The number of hydrogen-bond donors (Lipinski definition) is 2. The summed E-state index contributed by atoms with van der Waals surface area (Å²) in [5.74, 6) is 0.331. The van der Waals surface area contributed by atoms with E-state index < -0.39 is 0 Å². The fourth-order valence-electron chi connectivity index (χ4n) is 2.26. The van der Waals surface area contributed by atoms with Crippen LogP contribution in [0.2, 0.25) is 0 Å². The van der Waals surface area contributed by atoms with Crippen LogP contribution in [-0.4, -0.2) is 12.3 Å². The summed E-state index contributed by atoms with van der Waals surface area (Å²) < 4.78 is 0. The van der Waals surface area contributed by atoms with Crippen LogP contribution in [-0.2, 0) is 4.79 Å². The van der Waals surface area contributed by atoms with Crippen molar-refractivity contribution in [2.45, 2.75) is 51.9 Å². The zero-order valence-corrected chi connectivity index (χ0v) is 13.5. The Kier molecular flexibility index (Phi) is 8.49. The average molecular weight is 320 g/mol. The minimum Gasteiger partial charge on any atom is -0.395 e. The number of unbranched alkanes of at least 4 members (excludes halogenated alkanes) is 3. The van der Waals surface area contributed by atoms with Gasteiger partial charge in [-0.25, -0.2) is 0 Å². The summed E-state index contributed by atoms with van der Waals surface area (Å²) in [6.45, 7) is 2.71. The third kappa shape index (κ3) is 6.14. The van der Waals surface area contributed by atoms with Crippen molar-refractivity contribution in [1.82, 2.24) is 0 Å². The van der Waals surface area contributed by atoms with Gasteiger partial charge in [0.25, 0.3) is 0 Å². The molecular formula is C16H24N4O3. The van der Waals surface area contributed by atoms with Crippen molar-refractivity contribution in [2.75, 3.05) is 17.6 Å². The molecule has 23 heavy (non-hydrogen) atoms. The second-order valence-corrected chi connectivity index (χ2v) is 5.46. The molecule has 0 fully saturated rings. The third-order valence-electron chi connectivity index (χ3n) is 3.64. The molecule has 0 unspecified atom stereocenters. The van der Waals surface area contributed by atoms with Gasteiger partial charge >= 0.3 is 0 Å². The van der Waals surface area contributed by atoms with Gasteiger partial charge in [0.05, 0.1) is 11.4 Å². The van der Waals surface area contributed by atoms with E-state index in [0.29, 0.717) is 30.9 Å². The largest absolute Gasteiger partial charge is 0.395 e. The molecular weight excluding hydrogens is 296 g/mol. The van der Waals surface area contributed by atoms with Gasteiger partial charge in [-0.3, -0.25) is 4.79 Å². The van der Waals surface area contributed by atoms with Crippen molar-refractivity contribution < 1.29 is 4.79 Å². The molecule has 7 heteroatoms. The van der Waals surface area contributed by atoms with E-state index in [2.05, 4.69) is 22.6 Å². The minimum absolute atomic E-state index is 0.00995. The Morgan fingerprint density at radius 3 is 2.48 bits per heavy atom. The van der Waals surface area contributed by atoms with Crippen LogP contribution in [0.4, 0.5) is 22.7 Å². The molecule has 0 spiro atoms. The zero-order valence-electron chi connectivity index (χ0n) is 13.5. The van der Waals surface area contributed by atoms with Gasteiger partial charge in [-0.05, 0) is 41.7 Å². The lowest BCUT2D eigenvalue weighted by atomic mass is 10.1. The van der Waals surface area contributed by atoms with E-state index in [1.54, 1.807) is 6.07 Å². The van der Waals surface area contributed by atoms with Crippen LogP contribution in [0.1, 0.15) is 51.9 Å². The molecule has 0 atom stereocenters. The van der Waals surface area contributed by atoms with Gasteiger partial charge in [-0.15, -0.1) is 9.81 Å². The molecule has 0 radical (unpaired) electrons. The van der Waals surface area contributed by atoms with Crippen LogP contribution < -0.4 is 11.1 Å². The average Bonchev–Trinajstić information content (AvgIpc) is 2.56. The molecule has 0 aliphatic rings. The van der Waals surface area contributed by atoms with Crippen molar-refractivity contribution in [2.24, 2.45) is 10.4 Å². The van der Waals surface area contributed by atoms with Crippen molar-refractivity contribution in [3.8, 4) is 0 Å². The van der Waals surface area contributed by atoms with E-state index in [-0.39, 0.29) is 17.1 Å². The molecule has 1 aromatic carbocycles. The number of nitrogens with zero attached hydrogens (tertiary/aromatic N) is 2. The lowest BCUT2D eigenvalue weighted by Gasteiger charge is -2.10. The minimum atomic E-state index is -0.0125. The van der Waals surface area contributed by atoms with Gasteiger partial charge in [0.2, 0.25) is 0 Å². The number of ketones is 1. The summed E-state index contributed by atoms with van der Waals surface area (Å²) in [6.07, 6.45) is 6.00. The molecule has 3 N–H and O–H groups in total. The van der Waals surface area contributed by atoms with Crippen LogP contribution in [0.3, 0.4) is 0 Å². The fraction of sp³-hybridized carbons (Fsp3) is 0.562. The number of benzene rings is 1. The highest BCUT2D eigenvalue weighted by Gasteiger charge is 2.12. The van der Waals surface area contributed by atoms with E-state index in [0.717, 1.165) is 32.1 Å². The number of rotatable bonds is 12. The Balaban J connectivity index is 2.34. The SMILES string of the molecule is CCCCC(=O)CCCCCNc1ccc(N=O)c(N)c1N=O. The maximum atomic E-state index is 11.5. The van der Waals surface area contributed by atoms with Crippen LogP contribution in [0.15, 0.2) is 22.5 Å². The normalized spacial score (nSPS) is 10.3. The van der Waals surface area contributed by atoms with Crippen LogP contribution in [0.5, 0.6) is 0 Å². The van der Waals surface area contributed by atoms with Crippen molar-refractivity contribution >= 4 is 28.5 Å². The van der Waals surface area contributed by atoms with E-state index in [4.69, 9.17) is 5.73 Å². The number of nitrogens with one attached hydrogen (secondary N) is 1. The highest BCUT2D eigenvalue weighted by molar-refractivity contribution is 5.86. The molecule has 0 aromatic heterocycles. The Labute approximate surface area is 136 Å². The van der Waals surface area contributed by atoms with Crippen LogP contribution >= 0.6 is 0 Å². The molecule has 0 heterocycles. The molecule has 0 amide bonds. The Morgan fingerprint density at radius 2 is 1.83 bits per heavy atom. The Morgan fingerprint density at radius 1 is 1.09 bits per heavy atom. The first kappa shape index (κ1) is 18.7. The van der Waals surface area contributed by atoms with E-state index >= 15 is 0 Å². The standard InChI is InChI=1S/C16H24N4O3/c1-2-3-7-12(21)8-5-4-6-11-18-14-10-9-13(19-22)15(17)16(14)20-23/h9-10,18H,2-8,11,17H2,1H3. The zero-order chi connectivity index (χ0) is 17.1. The number of nitrogen functional groups attached to an aromatic ring is 1. The molecule has 1 rings (SSSR count). The molecule has 0 saturated carbocycles. The van der Waals surface area contributed by atoms with Gasteiger partial charge < -0.3 is 11.1 Å². The summed E-state index contributed by atoms with van der Waals surface area (Å²) in [5, 5.41) is 8.69. The van der Waals surface area contributed by atoms with Crippen molar-refractivity contribution in [3.05, 3.63) is 21.9 Å². The Hall–Kier alpha value is -2.31. The number of Topliss-reactive ketones (excluding diaryl/α,β-unsaturated/α-hetero) is 1. The second kappa shape index (κ2) is 10.4. The summed E-state index contributed by atoms with van der Waals surface area (Å²) in [4.78, 5) is 32.9. The topological polar surface area (TPSA) is 114 Å². The van der Waals surface area contributed by atoms with Gasteiger partial charge in [0.1, 0.15) is 11.5 Å². The quantitative estimate of drug-likeness (QED) is 0.326. The van der Waals surface area contributed by atoms with Gasteiger partial charge in [0.15, 0.2) is 5.69 Å². The first-order chi connectivity index (χ1) is 11.1. The van der Waals surface area contributed by atoms with Gasteiger partial charge in [-0.2, -0.15) is 0 Å². The monoisotopic (exact) mass is 320 g/mol. The lowest BCUT2D eigenvalue weighted by Crippen LogP contribution is -2.03.